The molecule has 0 aliphatic rings. The van der Waals surface area contributed by atoms with Crippen molar-refractivity contribution in [2.45, 2.75) is 45.4 Å². The molecule has 0 saturated carbocycles. The van der Waals surface area contributed by atoms with Crippen LogP contribution in [0, 0.1) is 0 Å². The summed E-state index contributed by atoms with van der Waals surface area (Å²) < 4.78 is 0. The lowest BCUT2D eigenvalue weighted by Crippen LogP contribution is -2.15. The molecule has 2 aromatic carbocycles. The van der Waals surface area contributed by atoms with Crippen molar-refractivity contribution >= 4 is 28.6 Å². The first-order valence-corrected chi connectivity index (χ1v) is 9.06. The van der Waals surface area contributed by atoms with Crippen molar-refractivity contribution in [3.8, 4) is 11.4 Å². The second kappa shape index (κ2) is 6.85. The van der Waals surface area contributed by atoms with E-state index in [1.165, 1.54) is 4.80 Å². The van der Waals surface area contributed by atoms with Crippen molar-refractivity contribution in [2.75, 3.05) is 0 Å². The number of hydrogen-bond acceptors (Lipinski definition) is 4. The van der Waals surface area contributed by atoms with Crippen LogP contribution in [-0.2, 0) is 10.2 Å². The van der Waals surface area contributed by atoms with Gasteiger partial charge < -0.3 is 10.2 Å². The summed E-state index contributed by atoms with van der Waals surface area (Å²) >= 11 is 6.02. The third kappa shape index (κ3) is 3.90. The van der Waals surface area contributed by atoms with Crippen molar-refractivity contribution in [2.24, 2.45) is 0 Å². The van der Waals surface area contributed by atoms with E-state index in [9.17, 15) is 9.90 Å². The molecule has 0 aliphatic carbocycles. The van der Waals surface area contributed by atoms with Crippen LogP contribution in [0.5, 0.6) is 5.75 Å². The number of carbonyl (C=O) groups is 1. The van der Waals surface area contributed by atoms with Crippen LogP contribution >= 0.6 is 11.6 Å². The molecule has 1 unspecified atom stereocenters. The Kier molecular flexibility index (Phi) is 4.86. The van der Waals surface area contributed by atoms with Gasteiger partial charge in [-0.1, -0.05) is 45.4 Å². The second-order valence-corrected chi connectivity index (χ2v) is 8.24. The molecule has 1 atom stereocenters. The molecule has 7 heteroatoms. The zero-order valence-electron chi connectivity index (χ0n) is 15.7. The minimum atomic E-state index is -0.868. The molecular formula is C20H22ClN3O3. The summed E-state index contributed by atoms with van der Waals surface area (Å²) in [7, 11) is 0. The van der Waals surface area contributed by atoms with E-state index < -0.39 is 5.97 Å². The Morgan fingerprint density at radius 3 is 2.48 bits per heavy atom. The van der Waals surface area contributed by atoms with Crippen molar-refractivity contribution < 1.29 is 15.0 Å². The number of aromatic nitrogens is 3. The minimum Gasteiger partial charge on any atom is -0.505 e. The molecule has 3 aromatic rings. The molecule has 6 nitrogen and oxygen atoms in total. The summed E-state index contributed by atoms with van der Waals surface area (Å²) in [6, 6.07) is 8.82. The summed E-state index contributed by atoms with van der Waals surface area (Å²) in [5.41, 5.74) is 2.87. The first-order valence-electron chi connectivity index (χ1n) is 8.68. The van der Waals surface area contributed by atoms with Crippen LogP contribution in [-0.4, -0.2) is 31.2 Å². The van der Waals surface area contributed by atoms with Gasteiger partial charge in [-0.15, -0.1) is 15.0 Å². The van der Waals surface area contributed by atoms with E-state index in [2.05, 4.69) is 10.2 Å². The van der Waals surface area contributed by atoms with Gasteiger partial charge in [0.1, 0.15) is 22.5 Å². The fourth-order valence-corrected chi connectivity index (χ4v) is 3.19. The maximum absolute atomic E-state index is 11.1. The van der Waals surface area contributed by atoms with E-state index in [-0.39, 0.29) is 23.5 Å². The van der Waals surface area contributed by atoms with Crippen LogP contribution in [0.4, 0.5) is 0 Å². The van der Waals surface area contributed by atoms with E-state index in [0.717, 1.165) is 5.56 Å². The first kappa shape index (κ1) is 19.2. The molecule has 0 spiro atoms. The highest BCUT2D eigenvalue weighted by Crippen LogP contribution is 2.38. The Hall–Kier alpha value is -2.60. The number of phenolic OH excluding ortho intramolecular Hbond substituents is 1. The zero-order valence-corrected chi connectivity index (χ0v) is 16.4. The number of carboxylic acid groups (broad SMARTS) is 1. The predicted octanol–water partition coefficient (Wildman–Crippen LogP) is 4.66. The van der Waals surface area contributed by atoms with Crippen LogP contribution < -0.4 is 0 Å². The maximum Gasteiger partial charge on any atom is 0.303 e. The summed E-state index contributed by atoms with van der Waals surface area (Å²) in [6.45, 7) is 7.82. The fourth-order valence-electron chi connectivity index (χ4n) is 3.02. The van der Waals surface area contributed by atoms with Crippen molar-refractivity contribution in [3.05, 3.63) is 46.5 Å². The van der Waals surface area contributed by atoms with Crippen molar-refractivity contribution in [1.82, 2.24) is 15.0 Å². The number of rotatable bonds is 4. The van der Waals surface area contributed by atoms with Gasteiger partial charge in [0.2, 0.25) is 0 Å². The van der Waals surface area contributed by atoms with Gasteiger partial charge in [0, 0.05) is 10.6 Å². The highest BCUT2D eigenvalue weighted by Gasteiger charge is 2.25. The quantitative estimate of drug-likeness (QED) is 0.679. The number of hydrogen-bond donors (Lipinski definition) is 2. The lowest BCUT2D eigenvalue weighted by Gasteiger charge is -2.24. The van der Waals surface area contributed by atoms with Gasteiger partial charge in [-0.05, 0) is 41.2 Å². The van der Waals surface area contributed by atoms with Crippen LogP contribution in [0.2, 0.25) is 5.02 Å². The third-order valence-corrected chi connectivity index (χ3v) is 4.76. The monoisotopic (exact) mass is 387 g/mol. The number of fused-ring (bicyclic) bond motifs is 1. The molecule has 142 valence electrons. The molecular weight excluding hydrogens is 366 g/mol. The highest BCUT2D eigenvalue weighted by atomic mass is 35.5. The first-order chi connectivity index (χ1) is 12.6. The van der Waals surface area contributed by atoms with Gasteiger partial charge >= 0.3 is 5.97 Å². The predicted molar refractivity (Wildman–Crippen MR) is 105 cm³/mol. The zero-order chi connectivity index (χ0) is 19.9. The topological polar surface area (TPSA) is 88.2 Å². The number of benzene rings is 2. The number of halogens is 1. The van der Waals surface area contributed by atoms with Crippen LogP contribution in [0.3, 0.4) is 0 Å². The van der Waals surface area contributed by atoms with Gasteiger partial charge in [-0.3, -0.25) is 4.79 Å². The molecule has 1 aromatic heterocycles. The lowest BCUT2D eigenvalue weighted by molar-refractivity contribution is -0.137. The average Bonchev–Trinajstić information content (AvgIpc) is 2.95. The Morgan fingerprint density at radius 1 is 1.19 bits per heavy atom. The van der Waals surface area contributed by atoms with Crippen LogP contribution in [0.15, 0.2) is 30.3 Å². The van der Waals surface area contributed by atoms with Gasteiger partial charge in [0.05, 0.1) is 6.42 Å². The largest absolute Gasteiger partial charge is 0.505 e. The summed E-state index contributed by atoms with van der Waals surface area (Å²) in [5.74, 6) is -1.01. The normalized spacial score (nSPS) is 13.1. The minimum absolute atomic E-state index is 0.00207. The lowest BCUT2D eigenvalue weighted by atomic mass is 9.83. The Bertz CT molecular complexity index is 1020. The molecule has 0 aliphatic heterocycles. The van der Waals surface area contributed by atoms with Crippen molar-refractivity contribution in [1.29, 1.82) is 0 Å². The molecule has 0 bridgehead atoms. The average molecular weight is 388 g/mol. The third-order valence-electron chi connectivity index (χ3n) is 4.53. The second-order valence-electron chi connectivity index (χ2n) is 7.81. The Balaban J connectivity index is 2.21. The standard InChI is InChI=1S/C20H22ClN3O3/c1-11(7-18(25)26)12-8-14(20(2,3)4)19(27)17(9-12)24-22-15-6-5-13(21)10-16(15)23-24/h5-6,8-11,27H,7H2,1-4H3,(H,25,26). The van der Waals surface area contributed by atoms with Crippen LogP contribution in [0.1, 0.15) is 51.2 Å². The molecule has 27 heavy (non-hydrogen) atoms. The Labute approximate surface area is 162 Å². The van der Waals surface area contributed by atoms with Crippen molar-refractivity contribution in [3.63, 3.8) is 0 Å². The number of aromatic hydroxyl groups is 1. The van der Waals surface area contributed by atoms with Gasteiger partial charge in [0.15, 0.2) is 0 Å². The number of phenols is 1. The SMILES string of the molecule is CC(CC(=O)O)c1cc(-n2nc3ccc(Cl)cc3n2)c(O)c(C(C)(C)C)c1. The molecule has 0 saturated heterocycles. The summed E-state index contributed by atoms with van der Waals surface area (Å²) in [5, 5.41) is 29.5. The summed E-state index contributed by atoms with van der Waals surface area (Å²) in [6.07, 6.45) is -0.00207. The maximum atomic E-state index is 11.1. The highest BCUT2D eigenvalue weighted by molar-refractivity contribution is 6.31. The number of carboxylic acids is 1. The van der Waals surface area contributed by atoms with E-state index in [1.807, 2.05) is 33.8 Å². The molecule has 0 radical (unpaired) electrons. The van der Waals surface area contributed by atoms with E-state index in [4.69, 9.17) is 16.7 Å². The Morgan fingerprint density at radius 2 is 1.85 bits per heavy atom. The number of aliphatic carboxylic acids is 1. The van der Waals surface area contributed by atoms with Gasteiger partial charge in [-0.25, -0.2) is 0 Å². The van der Waals surface area contributed by atoms with E-state index in [1.54, 1.807) is 24.3 Å². The van der Waals surface area contributed by atoms with E-state index in [0.29, 0.717) is 27.3 Å². The molecule has 3 rings (SSSR count). The molecule has 0 amide bonds. The molecule has 0 fully saturated rings. The number of nitrogens with zero attached hydrogens (tertiary/aromatic N) is 3. The van der Waals surface area contributed by atoms with E-state index >= 15 is 0 Å². The fraction of sp³-hybridized carbons (Fsp3) is 0.350. The van der Waals surface area contributed by atoms with Gasteiger partial charge in [0.25, 0.3) is 0 Å². The molecule has 1 heterocycles. The summed E-state index contributed by atoms with van der Waals surface area (Å²) in [4.78, 5) is 12.5. The van der Waals surface area contributed by atoms with Gasteiger partial charge in [-0.2, -0.15) is 0 Å². The van der Waals surface area contributed by atoms with Crippen LogP contribution in [0.25, 0.3) is 16.7 Å². The molecule has 2 N–H and O–H groups in total. The smallest absolute Gasteiger partial charge is 0.303 e.